The molecule has 0 spiro atoms. The third kappa shape index (κ3) is 5.92. The smallest absolute Gasteiger partial charge is 0.253 e. The highest BCUT2D eigenvalue weighted by atomic mass is 32.1. The number of benzene rings is 2. The fourth-order valence-corrected chi connectivity index (χ4v) is 5.54. The largest absolute Gasteiger partial charge is 0.366 e. The summed E-state index contributed by atoms with van der Waals surface area (Å²) in [6.07, 6.45) is 2.01. The van der Waals surface area contributed by atoms with E-state index < -0.39 is 5.91 Å². The molecule has 2 heterocycles. The zero-order valence-corrected chi connectivity index (χ0v) is 21.3. The summed E-state index contributed by atoms with van der Waals surface area (Å²) in [5.41, 5.74) is 8.73. The fraction of sp³-hybridized carbons (Fsp3) is 0.357. The average molecular weight is 491 g/mol. The van der Waals surface area contributed by atoms with Gasteiger partial charge in [-0.05, 0) is 80.6 Å². The van der Waals surface area contributed by atoms with Crippen molar-refractivity contribution < 1.29 is 9.59 Å². The quantitative estimate of drug-likeness (QED) is 0.451. The maximum atomic E-state index is 12.8. The van der Waals surface area contributed by atoms with E-state index >= 15 is 0 Å². The number of carbonyl (C=O) groups is 2. The number of carbonyl (C=O) groups excluding carboxylic acids is 2. The lowest BCUT2D eigenvalue weighted by atomic mass is 10.00. The Kier molecular flexibility index (Phi) is 8.21. The maximum Gasteiger partial charge on any atom is 0.253 e. The van der Waals surface area contributed by atoms with Crippen LogP contribution in [-0.4, -0.2) is 53.8 Å². The minimum Gasteiger partial charge on any atom is -0.366 e. The van der Waals surface area contributed by atoms with Crippen molar-refractivity contribution in [2.24, 2.45) is 5.73 Å². The van der Waals surface area contributed by atoms with E-state index in [-0.39, 0.29) is 11.9 Å². The van der Waals surface area contributed by atoms with Crippen LogP contribution in [0.4, 0.5) is 11.4 Å². The standard InChI is InChI=1S/C28H34N4O2S/c1-3-31(4-2)28(34)21-10-12-23(13-11-21)32(25-8-5-7-22(19-25)27(29)33)24-14-16-30(17-15-24)20-26-9-6-18-35-26/h5-13,18-19,24H,3-4,14-17,20H2,1-2H3,(H2,29,33). The predicted octanol–water partition coefficient (Wildman–Crippen LogP) is 5.13. The number of nitrogens with two attached hydrogens (primary N) is 1. The Labute approximate surface area is 212 Å². The molecule has 6 nitrogen and oxygen atoms in total. The van der Waals surface area contributed by atoms with Crippen molar-refractivity contribution in [2.75, 3.05) is 31.1 Å². The molecule has 2 N–H and O–H groups in total. The van der Waals surface area contributed by atoms with Crippen LogP contribution in [0.25, 0.3) is 0 Å². The molecule has 0 bridgehead atoms. The number of rotatable bonds is 9. The van der Waals surface area contributed by atoms with Gasteiger partial charge in [-0.2, -0.15) is 0 Å². The first-order valence-corrected chi connectivity index (χ1v) is 13.2. The molecule has 3 aromatic rings. The molecule has 1 aliphatic rings. The highest BCUT2D eigenvalue weighted by Gasteiger charge is 2.27. The SMILES string of the molecule is CCN(CC)C(=O)c1ccc(N(c2cccc(C(N)=O)c2)C2CCN(Cc3cccs3)CC2)cc1. The molecule has 7 heteroatoms. The Morgan fingerprint density at radius 2 is 1.66 bits per heavy atom. The van der Waals surface area contributed by atoms with Gasteiger partial charge in [0, 0.05) is 66.1 Å². The minimum atomic E-state index is -0.433. The van der Waals surface area contributed by atoms with Crippen LogP contribution in [0.3, 0.4) is 0 Å². The maximum absolute atomic E-state index is 12.8. The van der Waals surface area contributed by atoms with Crippen LogP contribution < -0.4 is 10.6 Å². The Bertz CT molecular complexity index is 1120. The van der Waals surface area contributed by atoms with Crippen molar-refractivity contribution in [1.29, 1.82) is 0 Å². The first-order chi connectivity index (χ1) is 17.0. The number of primary amides is 1. The normalized spacial score (nSPS) is 14.6. The van der Waals surface area contributed by atoms with E-state index in [0.29, 0.717) is 24.2 Å². The number of likely N-dealkylation sites (tertiary alicyclic amines) is 1. The molecule has 2 aromatic carbocycles. The van der Waals surface area contributed by atoms with Gasteiger partial charge in [-0.15, -0.1) is 11.3 Å². The van der Waals surface area contributed by atoms with Crippen LogP contribution in [0.1, 0.15) is 52.3 Å². The number of hydrogen-bond acceptors (Lipinski definition) is 5. The Hall–Kier alpha value is -3.16. The van der Waals surface area contributed by atoms with Gasteiger partial charge in [0.05, 0.1) is 0 Å². The topological polar surface area (TPSA) is 69.9 Å². The molecule has 0 aliphatic carbocycles. The molecule has 0 unspecified atom stereocenters. The third-order valence-corrected chi connectivity index (χ3v) is 7.59. The van der Waals surface area contributed by atoms with Crippen molar-refractivity contribution in [3.8, 4) is 0 Å². The molecular formula is C28H34N4O2S. The van der Waals surface area contributed by atoms with Crippen molar-refractivity contribution in [2.45, 2.75) is 39.3 Å². The molecule has 1 aromatic heterocycles. The molecule has 2 amide bonds. The lowest BCUT2D eigenvalue weighted by Crippen LogP contribution is -2.42. The van der Waals surface area contributed by atoms with Crippen molar-refractivity contribution >= 4 is 34.5 Å². The molecule has 0 radical (unpaired) electrons. The van der Waals surface area contributed by atoms with Gasteiger partial charge in [-0.25, -0.2) is 0 Å². The van der Waals surface area contributed by atoms with Gasteiger partial charge in [-0.3, -0.25) is 14.5 Å². The van der Waals surface area contributed by atoms with Gasteiger partial charge >= 0.3 is 0 Å². The summed E-state index contributed by atoms with van der Waals surface area (Å²) in [7, 11) is 0. The highest BCUT2D eigenvalue weighted by Crippen LogP contribution is 2.33. The lowest BCUT2D eigenvalue weighted by molar-refractivity contribution is 0.0772. The predicted molar refractivity (Wildman–Crippen MR) is 143 cm³/mol. The summed E-state index contributed by atoms with van der Waals surface area (Å²) in [6.45, 7) is 8.37. The van der Waals surface area contributed by atoms with E-state index in [0.717, 1.165) is 43.9 Å². The fourth-order valence-electron chi connectivity index (χ4n) is 4.80. The van der Waals surface area contributed by atoms with Crippen molar-refractivity contribution in [1.82, 2.24) is 9.80 Å². The van der Waals surface area contributed by atoms with Gasteiger partial charge in [0.15, 0.2) is 0 Å². The zero-order valence-electron chi connectivity index (χ0n) is 20.5. The second-order valence-corrected chi connectivity index (χ2v) is 9.93. The molecule has 4 rings (SSSR count). The summed E-state index contributed by atoms with van der Waals surface area (Å²) in [4.78, 5) is 32.7. The molecule has 184 valence electrons. The van der Waals surface area contributed by atoms with Crippen molar-refractivity contribution in [3.63, 3.8) is 0 Å². The van der Waals surface area contributed by atoms with Crippen LogP contribution in [0.5, 0.6) is 0 Å². The third-order valence-electron chi connectivity index (χ3n) is 6.73. The summed E-state index contributed by atoms with van der Waals surface area (Å²) in [5.74, 6) is -0.386. The Morgan fingerprint density at radius 1 is 0.943 bits per heavy atom. The van der Waals surface area contributed by atoms with Crippen LogP contribution in [-0.2, 0) is 6.54 Å². The van der Waals surface area contributed by atoms with Gasteiger partial charge in [0.2, 0.25) is 5.91 Å². The minimum absolute atomic E-state index is 0.0470. The Morgan fingerprint density at radius 3 is 2.26 bits per heavy atom. The van der Waals surface area contributed by atoms with E-state index in [9.17, 15) is 9.59 Å². The summed E-state index contributed by atoms with van der Waals surface area (Å²) >= 11 is 1.80. The summed E-state index contributed by atoms with van der Waals surface area (Å²) in [6, 6.07) is 20.0. The van der Waals surface area contributed by atoms with E-state index in [2.05, 4.69) is 27.3 Å². The van der Waals surface area contributed by atoms with Crippen LogP contribution in [0.15, 0.2) is 66.0 Å². The molecule has 0 atom stereocenters. The van der Waals surface area contributed by atoms with Crippen LogP contribution in [0.2, 0.25) is 0 Å². The van der Waals surface area contributed by atoms with Gasteiger partial charge in [0.1, 0.15) is 0 Å². The molecule has 1 saturated heterocycles. The summed E-state index contributed by atoms with van der Waals surface area (Å²) in [5, 5.41) is 2.13. The second-order valence-electron chi connectivity index (χ2n) is 8.90. The second kappa shape index (κ2) is 11.5. The molecule has 0 saturated carbocycles. The van der Waals surface area contributed by atoms with Gasteiger partial charge in [-0.1, -0.05) is 12.1 Å². The zero-order chi connectivity index (χ0) is 24.8. The monoisotopic (exact) mass is 490 g/mol. The number of piperidine rings is 1. The van der Waals surface area contributed by atoms with E-state index in [1.54, 1.807) is 17.4 Å². The average Bonchev–Trinajstić information content (AvgIpc) is 3.39. The summed E-state index contributed by atoms with van der Waals surface area (Å²) < 4.78 is 0. The lowest BCUT2D eigenvalue weighted by Gasteiger charge is -2.40. The molecular weight excluding hydrogens is 456 g/mol. The molecule has 1 aliphatic heterocycles. The number of thiophene rings is 1. The van der Waals surface area contributed by atoms with E-state index in [1.165, 1.54) is 4.88 Å². The van der Waals surface area contributed by atoms with Gasteiger partial charge < -0.3 is 15.5 Å². The first-order valence-electron chi connectivity index (χ1n) is 12.3. The number of amides is 2. The molecule has 35 heavy (non-hydrogen) atoms. The molecule has 1 fully saturated rings. The Balaban J connectivity index is 1.58. The first kappa shape index (κ1) is 24.9. The van der Waals surface area contributed by atoms with Crippen LogP contribution in [0, 0.1) is 0 Å². The number of anilines is 2. The van der Waals surface area contributed by atoms with Crippen molar-refractivity contribution in [3.05, 3.63) is 82.0 Å². The van der Waals surface area contributed by atoms with Gasteiger partial charge in [0.25, 0.3) is 5.91 Å². The number of nitrogens with zero attached hydrogens (tertiary/aromatic N) is 3. The number of hydrogen-bond donors (Lipinski definition) is 1. The van der Waals surface area contributed by atoms with Crippen LogP contribution >= 0.6 is 11.3 Å². The van der Waals surface area contributed by atoms with E-state index in [4.69, 9.17) is 5.73 Å². The van der Waals surface area contributed by atoms with E-state index in [1.807, 2.05) is 61.2 Å². The highest BCUT2D eigenvalue weighted by molar-refractivity contribution is 7.09.